The molecule has 7 nitrogen and oxygen atoms in total. The first-order valence-electron chi connectivity index (χ1n) is 9.15. The van der Waals surface area contributed by atoms with Crippen LogP contribution in [0.25, 0.3) is 0 Å². The van der Waals surface area contributed by atoms with E-state index in [0.29, 0.717) is 6.92 Å². The molecule has 2 aromatic rings. The highest BCUT2D eigenvalue weighted by molar-refractivity contribution is 7.94. The molecular formula is C20H23ClF3N3O4S. The maximum Gasteiger partial charge on any atom is 0.517 e. The van der Waals surface area contributed by atoms with E-state index in [4.69, 9.17) is 17.3 Å². The summed E-state index contributed by atoms with van der Waals surface area (Å²) in [6, 6.07) is 14.6. The molecule has 0 aromatic heterocycles. The van der Waals surface area contributed by atoms with Gasteiger partial charge in [-0.3, -0.25) is 9.59 Å². The molecule has 0 aliphatic carbocycles. The van der Waals surface area contributed by atoms with Crippen molar-refractivity contribution in [2.75, 3.05) is 20.8 Å². The molecule has 0 aliphatic heterocycles. The van der Waals surface area contributed by atoms with Crippen molar-refractivity contribution < 1.29 is 31.2 Å². The Morgan fingerprint density at radius 1 is 1.03 bits per heavy atom. The SMILES string of the molecule is CC(=O)N(c1ccccc1N)S(=O)(=O)C(F)(F)F.CC(C)N(C(=O)CCl)c1ccccc1. The number of nitrogens with two attached hydrogens (primary N) is 1. The van der Waals surface area contributed by atoms with Gasteiger partial charge in [-0.1, -0.05) is 30.3 Å². The smallest absolute Gasteiger partial charge is 0.397 e. The number of alkyl halides is 4. The van der Waals surface area contributed by atoms with E-state index < -0.39 is 27.1 Å². The molecule has 32 heavy (non-hydrogen) atoms. The number of sulfonamides is 1. The van der Waals surface area contributed by atoms with Crippen LogP contribution < -0.4 is 14.9 Å². The van der Waals surface area contributed by atoms with Crippen molar-refractivity contribution in [3.8, 4) is 0 Å². The number of carbonyl (C=O) groups is 2. The Kier molecular flexibility index (Phi) is 9.52. The van der Waals surface area contributed by atoms with Crippen molar-refractivity contribution in [3.63, 3.8) is 0 Å². The van der Waals surface area contributed by atoms with Gasteiger partial charge in [-0.15, -0.1) is 11.6 Å². The summed E-state index contributed by atoms with van der Waals surface area (Å²) in [5.41, 5.74) is -0.0876. The van der Waals surface area contributed by atoms with Gasteiger partial charge in [0.2, 0.25) is 11.8 Å². The van der Waals surface area contributed by atoms with E-state index >= 15 is 0 Å². The number of nitrogen functional groups attached to an aromatic ring is 1. The summed E-state index contributed by atoms with van der Waals surface area (Å²) >= 11 is 5.55. The summed E-state index contributed by atoms with van der Waals surface area (Å²) in [6.07, 6.45) is 0. The molecule has 0 saturated heterocycles. The zero-order valence-corrected chi connectivity index (χ0v) is 19.1. The third kappa shape index (κ3) is 6.60. The third-order valence-corrected chi connectivity index (χ3v) is 5.66. The molecule has 176 valence electrons. The van der Waals surface area contributed by atoms with Crippen LogP contribution in [-0.4, -0.2) is 37.7 Å². The molecule has 2 aromatic carbocycles. The van der Waals surface area contributed by atoms with Crippen molar-refractivity contribution in [3.05, 3.63) is 54.6 Å². The van der Waals surface area contributed by atoms with Gasteiger partial charge in [0.05, 0.1) is 11.4 Å². The number of benzene rings is 2. The molecule has 0 radical (unpaired) electrons. The van der Waals surface area contributed by atoms with Crippen LogP contribution in [0.5, 0.6) is 0 Å². The van der Waals surface area contributed by atoms with Gasteiger partial charge in [0.25, 0.3) is 0 Å². The lowest BCUT2D eigenvalue weighted by Crippen LogP contribution is -2.43. The largest absolute Gasteiger partial charge is 0.517 e. The first-order valence-corrected chi connectivity index (χ1v) is 11.1. The quantitative estimate of drug-likeness (QED) is 0.498. The molecule has 12 heteroatoms. The summed E-state index contributed by atoms with van der Waals surface area (Å²) in [5, 5.41) is 0. The van der Waals surface area contributed by atoms with Crippen LogP contribution in [0.2, 0.25) is 0 Å². The number of anilines is 3. The molecule has 0 atom stereocenters. The molecule has 0 spiro atoms. The Morgan fingerprint density at radius 3 is 1.94 bits per heavy atom. The predicted molar refractivity (Wildman–Crippen MR) is 119 cm³/mol. The lowest BCUT2D eigenvalue weighted by molar-refractivity contribution is -0.117. The zero-order chi connectivity index (χ0) is 24.7. The number of halogens is 4. The molecule has 0 saturated carbocycles. The number of nitrogens with zero attached hydrogens (tertiary/aromatic N) is 2. The van der Waals surface area contributed by atoms with Crippen molar-refractivity contribution in [1.29, 1.82) is 0 Å². The monoisotopic (exact) mass is 493 g/mol. The van der Waals surface area contributed by atoms with E-state index in [-0.39, 0.29) is 27.8 Å². The highest BCUT2D eigenvalue weighted by atomic mass is 35.5. The molecule has 0 heterocycles. The van der Waals surface area contributed by atoms with Gasteiger partial charge < -0.3 is 10.6 Å². The second-order valence-corrected chi connectivity index (χ2v) is 8.67. The van der Waals surface area contributed by atoms with E-state index in [1.807, 2.05) is 44.2 Å². The molecule has 2 rings (SSSR count). The number of carbonyl (C=O) groups excluding carboxylic acids is 2. The third-order valence-electron chi connectivity index (χ3n) is 3.91. The number of hydrogen-bond acceptors (Lipinski definition) is 5. The van der Waals surface area contributed by atoms with Gasteiger partial charge in [0, 0.05) is 18.7 Å². The van der Waals surface area contributed by atoms with Gasteiger partial charge in [-0.05, 0) is 38.1 Å². The first-order chi connectivity index (χ1) is 14.8. The average molecular weight is 494 g/mol. The molecule has 0 unspecified atom stereocenters. The minimum Gasteiger partial charge on any atom is -0.397 e. The lowest BCUT2D eigenvalue weighted by Gasteiger charge is -2.25. The Labute approximate surface area is 189 Å². The van der Waals surface area contributed by atoms with Gasteiger partial charge in [-0.2, -0.15) is 25.9 Å². The Bertz CT molecular complexity index is 1030. The number of hydrogen-bond donors (Lipinski definition) is 1. The van der Waals surface area contributed by atoms with Gasteiger partial charge in [0.1, 0.15) is 5.88 Å². The Balaban J connectivity index is 0.000000330. The molecular weight excluding hydrogens is 471 g/mol. The average Bonchev–Trinajstić information content (AvgIpc) is 2.69. The number of rotatable bonds is 5. The van der Waals surface area contributed by atoms with Crippen LogP contribution >= 0.6 is 11.6 Å². The van der Waals surface area contributed by atoms with Crippen LogP contribution in [0.4, 0.5) is 30.2 Å². The molecule has 0 fully saturated rings. The zero-order valence-electron chi connectivity index (χ0n) is 17.5. The van der Waals surface area contributed by atoms with E-state index in [9.17, 15) is 31.2 Å². The van der Waals surface area contributed by atoms with Crippen LogP contribution in [-0.2, 0) is 19.6 Å². The fourth-order valence-electron chi connectivity index (χ4n) is 2.63. The first kappa shape index (κ1) is 27.2. The second-order valence-electron chi connectivity index (χ2n) is 6.62. The van der Waals surface area contributed by atoms with Crippen molar-refractivity contribution in [2.45, 2.75) is 32.3 Å². The predicted octanol–water partition coefficient (Wildman–Crippen LogP) is 4.14. The van der Waals surface area contributed by atoms with E-state index in [2.05, 4.69) is 0 Å². The van der Waals surface area contributed by atoms with Crippen LogP contribution in [0.1, 0.15) is 20.8 Å². The van der Waals surface area contributed by atoms with Crippen LogP contribution in [0.3, 0.4) is 0 Å². The topological polar surface area (TPSA) is 101 Å². The normalized spacial score (nSPS) is 11.4. The van der Waals surface area contributed by atoms with Crippen molar-refractivity contribution in [2.24, 2.45) is 0 Å². The number of amides is 2. The van der Waals surface area contributed by atoms with E-state index in [0.717, 1.165) is 11.8 Å². The molecule has 2 N–H and O–H groups in total. The Morgan fingerprint density at radius 2 is 1.53 bits per heavy atom. The fraction of sp³-hybridized carbons (Fsp3) is 0.300. The summed E-state index contributed by atoms with van der Waals surface area (Å²) in [6.45, 7) is 4.64. The van der Waals surface area contributed by atoms with E-state index in [1.54, 1.807) is 4.90 Å². The maximum absolute atomic E-state index is 12.4. The summed E-state index contributed by atoms with van der Waals surface area (Å²) in [5.74, 6) is -1.34. The highest BCUT2D eigenvalue weighted by Gasteiger charge is 2.52. The minimum absolute atomic E-state index is 0.0209. The summed E-state index contributed by atoms with van der Waals surface area (Å²) < 4.78 is 59.5. The fourth-order valence-corrected chi connectivity index (χ4v) is 3.73. The summed E-state index contributed by atoms with van der Waals surface area (Å²) in [7, 11) is -5.81. The highest BCUT2D eigenvalue weighted by Crippen LogP contribution is 2.33. The van der Waals surface area contributed by atoms with Gasteiger partial charge in [-0.25, -0.2) is 0 Å². The van der Waals surface area contributed by atoms with Crippen molar-refractivity contribution >= 4 is 50.5 Å². The standard InChI is InChI=1S/C11H14ClNO.C9H9F3N2O3S/c1-9(2)13(11(14)8-12)10-6-4-3-5-7-10;1-6(15)14(18(16,17)9(10,11)12)8-5-3-2-4-7(8)13/h3-7,9H,8H2,1-2H3;2-5H,13H2,1H3. The van der Waals surface area contributed by atoms with E-state index in [1.165, 1.54) is 18.2 Å². The lowest BCUT2D eigenvalue weighted by atomic mass is 10.2. The minimum atomic E-state index is -5.81. The molecule has 0 aliphatic rings. The number of para-hydroxylation sites is 3. The summed E-state index contributed by atoms with van der Waals surface area (Å²) in [4.78, 5) is 24.4. The molecule has 0 bridgehead atoms. The van der Waals surface area contributed by atoms with Gasteiger partial charge >= 0.3 is 15.5 Å². The maximum atomic E-state index is 12.4. The van der Waals surface area contributed by atoms with Crippen molar-refractivity contribution in [1.82, 2.24) is 0 Å². The second kappa shape index (κ2) is 11.2. The Hall–Kier alpha value is -2.79. The van der Waals surface area contributed by atoms with Gasteiger partial charge in [0.15, 0.2) is 0 Å². The van der Waals surface area contributed by atoms with Crippen LogP contribution in [0.15, 0.2) is 54.6 Å². The van der Waals surface area contributed by atoms with Crippen LogP contribution in [0, 0.1) is 0 Å². The molecule has 2 amide bonds.